The van der Waals surface area contributed by atoms with E-state index in [1.165, 1.54) is 39.3 Å². The Kier molecular flexibility index (Phi) is 10.3. The van der Waals surface area contributed by atoms with Crippen LogP contribution in [0, 0.1) is 6.92 Å². The Morgan fingerprint density at radius 2 is 1.64 bits per heavy atom. The number of oxime groups is 1. The van der Waals surface area contributed by atoms with Crippen molar-refractivity contribution in [3.8, 4) is 0 Å². The zero-order chi connectivity index (χ0) is 38.8. The first-order valence-electron chi connectivity index (χ1n) is 17.7. The number of carboxylic acid groups (broad SMARTS) is 1. The first-order chi connectivity index (χ1) is 27.3. The van der Waals surface area contributed by atoms with E-state index < -0.39 is 34.7 Å². The first kappa shape index (κ1) is 36.9. The molecule has 0 aliphatic carbocycles. The number of aryl methyl sites for hydroxylation is 1. The molecule has 3 aromatic heterocycles. The summed E-state index contributed by atoms with van der Waals surface area (Å²) in [5.41, 5.74) is 3.64. The molecule has 2 amide bonds. The van der Waals surface area contributed by atoms with E-state index in [0.29, 0.717) is 16.5 Å². The third kappa shape index (κ3) is 6.67. The number of imidazole rings is 1. The Labute approximate surface area is 334 Å². The Morgan fingerprint density at radius 1 is 1.00 bits per heavy atom. The van der Waals surface area contributed by atoms with Crippen LogP contribution in [0.3, 0.4) is 0 Å². The zero-order valence-corrected chi connectivity index (χ0v) is 32.6. The highest BCUT2D eigenvalue weighted by molar-refractivity contribution is 8.00. The van der Waals surface area contributed by atoms with Crippen molar-refractivity contribution in [1.82, 2.24) is 24.6 Å². The van der Waals surface area contributed by atoms with Crippen LogP contribution < -0.4 is 10.6 Å². The van der Waals surface area contributed by atoms with E-state index in [2.05, 4.69) is 57.2 Å². The number of thioether (sulfide) groups is 1. The molecule has 0 saturated carbocycles. The summed E-state index contributed by atoms with van der Waals surface area (Å²) in [5.74, 6) is -2.08. The highest BCUT2D eigenvalue weighted by Crippen LogP contribution is 2.42. The zero-order valence-electron chi connectivity index (χ0n) is 30.2. The number of anilines is 1. The van der Waals surface area contributed by atoms with E-state index in [9.17, 15) is 19.5 Å². The summed E-state index contributed by atoms with van der Waals surface area (Å²) in [5, 5.41) is 22.5. The van der Waals surface area contributed by atoms with Gasteiger partial charge in [-0.05, 0) is 42.2 Å². The normalized spacial score (nSPS) is 17.2. The van der Waals surface area contributed by atoms with Crippen molar-refractivity contribution < 1.29 is 24.3 Å². The number of rotatable bonds is 13. The van der Waals surface area contributed by atoms with Crippen LogP contribution in [0.5, 0.6) is 0 Å². The molecule has 8 rings (SSSR count). The second-order valence-corrected chi connectivity index (χ2v) is 15.9. The fourth-order valence-corrected chi connectivity index (χ4v) is 10.0. The predicted molar refractivity (Wildman–Crippen MR) is 220 cm³/mol. The van der Waals surface area contributed by atoms with Crippen LogP contribution in [0.25, 0.3) is 10.9 Å². The van der Waals surface area contributed by atoms with Crippen LogP contribution in [0.2, 0.25) is 0 Å². The SMILES string of the molecule is CCON=C(C(=O)N[C@@H]1C(=O)N2C(C(=O)O)=C(C=Cc3sc4cncn4c3C)CS[C@H]12)c1csc(NC(c2ccccc2)(c2ccccc2)c2ccccc2)n1. The van der Waals surface area contributed by atoms with Crippen molar-refractivity contribution >= 4 is 74.0 Å². The molecule has 2 aliphatic heterocycles. The molecule has 5 heterocycles. The summed E-state index contributed by atoms with van der Waals surface area (Å²) in [6.45, 7) is 3.91. The lowest BCUT2D eigenvalue weighted by Crippen LogP contribution is -2.71. The molecule has 2 aliphatic rings. The average molecular weight is 802 g/mol. The molecule has 3 aromatic carbocycles. The minimum Gasteiger partial charge on any atom is -0.477 e. The number of β-lactam (4-membered cyclic amide) rings is 1. The molecule has 15 heteroatoms. The van der Waals surface area contributed by atoms with E-state index in [4.69, 9.17) is 9.82 Å². The van der Waals surface area contributed by atoms with Crippen LogP contribution >= 0.6 is 34.4 Å². The van der Waals surface area contributed by atoms with Gasteiger partial charge in [0.1, 0.15) is 46.1 Å². The highest BCUT2D eigenvalue weighted by Gasteiger charge is 2.54. The molecule has 1 saturated heterocycles. The van der Waals surface area contributed by atoms with E-state index in [1.54, 1.807) is 30.9 Å². The molecule has 56 heavy (non-hydrogen) atoms. The summed E-state index contributed by atoms with van der Waals surface area (Å²) < 4.78 is 1.97. The summed E-state index contributed by atoms with van der Waals surface area (Å²) >= 11 is 4.23. The lowest BCUT2D eigenvalue weighted by atomic mass is 9.77. The van der Waals surface area contributed by atoms with Crippen molar-refractivity contribution in [2.75, 3.05) is 17.7 Å². The fourth-order valence-electron chi connectivity index (χ4n) is 6.94. The standard InChI is InChI=1S/C41H35N7O5S3/c1-3-53-46-33(30-23-55-40(43-30)45-41(27-13-7-4-8-14-27,28-15-9-5-10-16-28)29-17-11-6-12-18-29)36(49)44-34-37(50)48-35(39(51)52)26(22-54-38(34)48)19-20-31-25(2)47-24-42-21-32(47)56-31/h4-21,23-24,34,38H,3,22H2,1-2H3,(H,43,45)(H,44,49)(H,51,52)/t34-,38-/m1/s1. The summed E-state index contributed by atoms with van der Waals surface area (Å²) in [4.78, 5) is 57.7. The van der Waals surface area contributed by atoms with Crippen molar-refractivity contribution in [1.29, 1.82) is 0 Å². The van der Waals surface area contributed by atoms with Gasteiger partial charge in [0.25, 0.3) is 11.8 Å². The average Bonchev–Trinajstić information content (AvgIpc) is 3.97. The summed E-state index contributed by atoms with van der Waals surface area (Å²) in [6, 6.07) is 29.3. The van der Waals surface area contributed by atoms with E-state index >= 15 is 0 Å². The maximum atomic E-state index is 14.0. The highest BCUT2D eigenvalue weighted by atomic mass is 32.2. The number of fused-ring (bicyclic) bond motifs is 2. The van der Waals surface area contributed by atoms with Crippen LogP contribution in [-0.2, 0) is 24.8 Å². The molecule has 0 radical (unpaired) electrons. The molecule has 282 valence electrons. The number of aromatic nitrogens is 3. The lowest BCUT2D eigenvalue weighted by molar-refractivity contribution is -0.150. The van der Waals surface area contributed by atoms with Crippen molar-refractivity contribution in [2.45, 2.75) is 30.8 Å². The Hall–Kier alpha value is -6.03. The van der Waals surface area contributed by atoms with Gasteiger partial charge < -0.3 is 20.6 Å². The number of allylic oxidation sites excluding steroid dienone is 1. The lowest BCUT2D eigenvalue weighted by Gasteiger charge is -2.49. The summed E-state index contributed by atoms with van der Waals surface area (Å²) in [7, 11) is 0. The predicted octanol–water partition coefficient (Wildman–Crippen LogP) is 6.76. The number of aliphatic carboxylic acids is 1. The fraction of sp³-hybridized carbons (Fsp3) is 0.171. The van der Waals surface area contributed by atoms with Gasteiger partial charge in [-0.25, -0.2) is 14.8 Å². The second-order valence-electron chi connectivity index (χ2n) is 12.9. The molecular weight excluding hydrogens is 767 g/mol. The smallest absolute Gasteiger partial charge is 0.352 e. The van der Waals surface area contributed by atoms with Crippen molar-refractivity contribution in [2.24, 2.45) is 5.16 Å². The largest absolute Gasteiger partial charge is 0.477 e. The number of nitrogens with zero attached hydrogens (tertiary/aromatic N) is 5. The van der Waals surface area contributed by atoms with Gasteiger partial charge in [0.05, 0.1) is 6.20 Å². The number of carbonyl (C=O) groups is 3. The van der Waals surface area contributed by atoms with Crippen LogP contribution in [0.15, 0.2) is 131 Å². The minimum atomic E-state index is -1.22. The number of nitrogens with one attached hydrogen (secondary N) is 2. The molecule has 0 bridgehead atoms. The van der Waals surface area contributed by atoms with Gasteiger partial charge in [-0.1, -0.05) is 102 Å². The maximum Gasteiger partial charge on any atom is 0.352 e. The molecule has 3 N–H and O–H groups in total. The van der Waals surface area contributed by atoms with E-state index in [-0.39, 0.29) is 23.7 Å². The topological polar surface area (TPSA) is 151 Å². The third-order valence-electron chi connectivity index (χ3n) is 9.62. The third-order valence-corrected chi connectivity index (χ3v) is 12.8. The molecular formula is C41H35N7O5S3. The number of hydrogen-bond donors (Lipinski definition) is 3. The number of carboxylic acids is 1. The Balaban J connectivity index is 1.05. The van der Waals surface area contributed by atoms with Gasteiger partial charge in [0.15, 0.2) is 10.8 Å². The Morgan fingerprint density at radius 3 is 2.23 bits per heavy atom. The molecule has 6 aromatic rings. The van der Waals surface area contributed by atoms with Gasteiger partial charge in [-0.3, -0.25) is 18.9 Å². The molecule has 1 fully saturated rings. The quantitative estimate of drug-likeness (QED) is 0.0499. The van der Waals surface area contributed by atoms with Crippen LogP contribution in [-0.4, -0.2) is 71.6 Å². The molecule has 2 atom stereocenters. The van der Waals surface area contributed by atoms with Crippen LogP contribution in [0.4, 0.5) is 5.13 Å². The molecule has 12 nitrogen and oxygen atoms in total. The van der Waals surface area contributed by atoms with Crippen molar-refractivity contribution in [3.05, 3.63) is 159 Å². The number of thiazole rings is 2. The van der Waals surface area contributed by atoms with Crippen LogP contribution in [0.1, 0.15) is 39.9 Å². The van der Waals surface area contributed by atoms with Gasteiger partial charge in [-0.15, -0.1) is 34.4 Å². The minimum absolute atomic E-state index is 0.0971. The molecule has 0 spiro atoms. The molecule has 0 unspecified atom stereocenters. The number of amides is 2. The van der Waals surface area contributed by atoms with Gasteiger partial charge in [0, 0.05) is 21.7 Å². The number of benzene rings is 3. The van der Waals surface area contributed by atoms with Crippen molar-refractivity contribution in [3.63, 3.8) is 0 Å². The Bertz CT molecular complexity index is 2410. The van der Waals surface area contributed by atoms with Gasteiger partial charge in [0.2, 0.25) is 0 Å². The van der Waals surface area contributed by atoms with Gasteiger partial charge >= 0.3 is 5.97 Å². The van der Waals surface area contributed by atoms with Gasteiger partial charge in [-0.2, -0.15) is 0 Å². The summed E-state index contributed by atoms with van der Waals surface area (Å²) in [6.07, 6.45) is 7.12. The second kappa shape index (κ2) is 15.6. The first-order valence-corrected chi connectivity index (χ1v) is 20.5. The maximum absolute atomic E-state index is 14.0. The number of hydrogen-bond acceptors (Lipinski definition) is 11. The number of carbonyl (C=O) groups excluding carboxylic acids is 2. The van der Waals surface area contributed by atoms with E-state index in [1.807, 2.05) is 72.0 Å². The monoisotopic (exact) mass is 801 g/mol. The van der Waals surface area contributed by atoms with E-state index in [0.717, 1.165) is 32.1 Å².